The van der Waals surface area contributed by atoms with Crippen LogP contribution in [0.3, 0.4) is 0 Å². The first kappa shape index (κ1) is 12.8. The van der Waals surface area contributed by atoms with Crippen molar-refractivity contribution in [3.63, 3.8) is 0 Å². The van der Waals surface area contributed by atoms with E-state index in [1.807, 2.05) is 18.2 Å². The third-order valence-corrected chi connectivity index (χ3v) is 3.88. The van der Waals surface area contributed by atoms with E-state index in [9.17, 15) is 4.79 Å². The number of anilines is 1. The van der Waals surface area contributed by atoms with Crippen molar-refractivity contribution in [2.24, 2.45) is 0 Å². The van der Waals surface area contributed by atoms with Crippen LogP contribution in [0.25, 0.3) is 0 Å². The Kier molecular flexibility index (Phi) is 3.79. The molecule has 0 aliphatic heterocycles. The van der Waals surface area contributed by atoms with E-state index in [1.165, 1.54) is 17.8 Å². The summed E-state index contributed by atoms with van der Waals surface area (Å²) in [7, 11) is 0. The Labute approximate surface area is 114 Å². The zero-order valence-electron chi connectivity index (χ0n) is 9.26. The molecule has 0 bridgehead atoms. The molecule has 2 aromatic carbocycles. The van der Waals surface area contributed by atoms with Gasteiger partial charge in [0.05, 0.1) is 10.6 Å². The van der Waals surface area contributed by atoms with E-state index in [0.29, 0.717) is 15.6 Å². The number of aromatic carboxylic acids is 1. The monoisotopic (exact) mass is 279 g/mol. The number of hydrogen-bond acceptors (Lipinski definition) is 3. The lowest BCUT2D eigenvalue weighted by molar-refractivity contribution is 0.0693. The maximum atomic E-state index is 11.1. The number of benzene rings is 2. The Bertz CT molecular complexity index is 601. The van der Waals surface area contributed by atoms with Crippen LogP contribution in [-0.2, 0) is 0 Å². The summed E-state index contributed by atoms with van der Waals surface area (Å²) >= 11 is 7.35. The summed E-state index contributed by atoms with van der Waals surface area (Å²) in [6.07, 6.45) is 0. The molecule has 0 spiro atoms. The molecule has 3 N–H and O–H groups in total. The molecule has 3 nitrogen and oxygen atoms in total. The van der Waals surface area contributed by atoms with Crippen LogP contribution in [0.2, 0.25) is 5.02 Å². The number of nitrogen functional groups attached to an aromatic ring is 1. The zero-order valence-corrected chi connectivity index (χ0v) is 10.8. The highest BCUT2D eigenvalue weighted by Gasteiger charge is 2.12. The second kappa shape index (κ2) is 5.33. The van der Waals surface area contributed by atoms with Gasteiger partial charge in [0.15, 0.2) is 0 Å². The van der Waals surface area contributed by atoms with Crippen molar-refractivity contribution < 1.29 is 9.90 Å². The predicted molar refractivity (Wildman–Crippen MR) is 73.4 cm³/mol. The fourth-order valence-corrected chi connectivity index (χ4v) is 2.64. The Hall–Kier alpha value is -1.65. The van der Waals surface area contributed by atoms with Gasteiger partial charge >= 0.3 is 5.97 Å². The molecule has 5 heteroatoms. The third kappa shape index (κ3) is 2.78. The van der Waals surface area contributed by atoms with Gasteiger partial charge in [0.2, 0.25) is 0 Å². The van der Waals surface area contributed by atoms with Crippen molar-refractivity contribution in [1.82, 2.24) is 0 Å². The maximum absolute atomic E-state index is 11.1. The smallest absolute Gasteiger partial charge is 0.336 e. The van der Waals surface area contributed by atoms with Crippen LogP contribution in [0.15, 0.2) is 52.3 Å². The predicted octanol–water partition coefficient (Wildman–Crippen LogP) is 3.77. The highest BCUT2D eigenvalue weighted by atomic mass is 35.5. The van der Waals surface area contributed by atoms with E-state index in [0.717, 1.165) is 4.90 Å². The number of halogens is 1. The van der Waals surface area contributed by atoms with Gasteiger partial charge in [0.25, 0.3) is 0 Å². The Balaban J connectivity index is 2.41. The van der Waals surface area contributed by atoms with Crippen molar-refractivity contribution in [3.05, 3.63) is 53.1 Å². The Morgan fingerprint density at radius 1 is 1.17 bits per heavy atom. The molecule has 0 unspecified atom stereocenters. The molecule has 0 atom stereocenters. The van der Waals surface area contributed by atoms with Crippen molar-refractivity contribution >= 4 is 35.0 Å². The molecule has 2 aromatic rings. The number of carboxylic acids is 1. The summed E-state index contributed by atoms with van der Waals surface area (Å²) < 4.78 is 0. The first-order valence-electron chi connectivity index (χ1n) is 5.13. The molecule has 0 radical (unpaired) electrons. The topological polar surface area (TPSA) is 63.3 Å². The van der Waals surface area contributed by atoms with Crippen LogP contribution >= 0.6 is 23.4 Å². The average Bonchev–Trinajstić information content (AvgIpc) is 2.34. The maximum Gasteiger partial charge on any atom is 0.336 e. The van der Waals surface area contributed by atoms with Crippen molar-refractivity contribution in [1.29, 1.82) is 0 Å². The van der Waals surface area contributed by atoms with E-state index in [2.05, 4.69) is 0 Å². The molecular formula is C13H10ClNO2S. The largest absolute Gasteiger partial charge is 0.478 e. The van der Waals surface area contributed by atoms with Crippen LogP contribution in [0.5, 0.6) is 0 Å². The fourth-order valence-electron chi connectivity index (χ4n) is 1.45. The van der Waals surface area contributed by atoms with Gasteiger partial charge in [-0.2, -0.15) is 0 Å². The van der Waals surface area contributed by atoms with E-state index < -0.39 is 5.97 Å². The summed E-state index contributed by atoms with van der Waals surface area (Å²) in [5.41, 5.74) is 6.20. The van der Waals surface area contributed by atoms with Gasteiger partial charge in [-0.15, -0.1) is 0 Å². The van der Waals surface area contributed by atoms with Gasteiger partial charge < -0.3 is 10.8 Å². The standard InChI is InChI=1S/C13H10ClNO2S/c14-10-3-1-2-4-12(10)18-11-6-5-8(15)7-9(11)13(16)17/h1-7H,15H2,(H,16,17). The zero-order chi connectivity index (χ0) is 13.1. The molecule has 2 rings (SSSR count). The number of rotatable bonds is 3. The van der Waals surface area contributed by atoms with E-state index in [4.69, 9.17) is 22.4 Å². The van der Waals surface area contributed by atoms with Crippen molar-refractivity contribution in [2.45, 2.75) is 9.79 Å². The molecule has 0 fully saturated rings. The van der Waals surface area contributed by atoms with Crippen LogP contribution in [0.4, 0.5) is 5.69 Å². The third-order valence-electron chi connectivity index (χ3n) is 2.29. The SMILES string of the molecule is Nc1ccc(Sc2ccccc2Cl)c(C(=O)O)c1. The lowest BCUT2D eigenvalue weighted by atomic mass is 10.2. The average molecular weight is 280 g/mol. The van der Waals surface area contributed by atoms with E-state index in [1.54, 1.807) is 18.2 Å². The first-order chi connectivity index (χ1) is 8.58. The van der Waals surface area contributed by atoms with Gasteiger partial charge in [-0.05, 0) is 30.3 Å². The highest BCUT2D eigenvalue weighted by Crippen LogP contribution is 2.35. The lowest BCUT2D eigenvalue weighted by Gasteiger charge is -2.07. The molecule has 0 amide bonds. The number of hydrogen-bond donors (Lipinski definition) is 2. The summed E-state index contributed by atoms with van der Waals surface area (Å²) in [6.45, 7) is 0. The minimum absolute atomic E-state index is 0.180. The molecule has 0 aliphatic carbocycles. The molecule has 18 heavy (non-hydrogen) atoms. The number of carbonyl (C=O) groups is 1. The molecular weight excluding hydrogens is 270 g/mol. The summed E-state index contributed by atoms with van der Waals surface area (Å²) in [6, 6.07) is 12.1. The van der Waals surface area contributed by atoms with Gasteiger partial charge in [-0.3, -0.25) is 0 Å². The highest BCUT2D eigenvalue weighted by molar-refractivity contribution is 7.99. The van der Waals surface area contributed by atoms with Crippen LogP contribution < -0.4 is 5.73 Å². The van der Waals surface area contributed by atoms with E-state index >= 15 is 0 Å². The molecule has 0 aliphatic rings. The minimum atomic E-state index is -1.00. The van der Waals surface area contributed by atoms with Crippen molar-refractivity contribution in [3.8, 4) is 0 Å². The molecule has 92 valence electrons. The lowest BCUT2D eigenvalue weighted by Crippen LogP contribution is -2.00. The Morgan fingerprint density at radius 2 is 1.89 bits per heavy atom. The summed E-state index contributed by atoms with van der Waals surface area (Å²) in [5.74, 6) is -1.00. The molecule has 0 saturated carbocycles. The fraction of sp³-hybridized carbons (Fsp3) is 0. The van der Waals surface area contributed by atoms with Crippen LogP contribution in [0, 0.1) is 0 Å². The quantitative estimate of drug-likeness (QED) is 0.840. The minimum Gasteiger partial charge on any atom is -0.478 e. The molecule has 0 saturated heterocycles. The number of carboxylic acid groups (broad SMARTS) is 1. The second-order valence-electron chi connectivity index (χ2n) is 3.59. The van der Waals surface area contributed by atoms with E-state index in [-0.39, 0.29) is 5.56 Å². The van der Waals surface area contributed by atoms with Gasteiger partial charge in [-0.25, -0.2) is 4.79 Å². The normalized spacial score (nSPS) is 10.3. The van der Waals surface area contributed by atoms with Gasteiger partial charge in [0, 0.05) is 15.5 Å². The van der Waals surface area contributed by atoms with Gasteiger partial charge in [0.1, 0.15) is 0 Å². The van der Waals surface area contributed by atoms with Crippen molar-refractivity contribution in [2.75, 3.05) is 5.73 Å². The van der Waals surface area contributed by atoms with Gasteiger partial charge in [-0.1, -0.05) is 35.5 Å². The van der Waals surface area contributed by atoms with Crippen LogP contribution in [0.1, 0.15) is 10.4 Å². The second-order valence-corrected chi connectivity index (χ2v) is 5.08. The summed E-state index contributed by atoms with van der Waals surface area (Å²) in [5, 5.41) is 9.73. The first-order valence-corrected chi connectivity index (χ1v) is 6.32. The summed E-state index contributed by atoms with van der Waals surface area (Å²) in [4.78, 5) is 12.6. The molecule has 0 aromatic heterocycles. The number of nitrogens with two attached hydrogens (primary N) is 1. The molecule has 0 heterocycles. The van der Waals surface area contributed by atoms with Crippen LogP contribution in [-0.4, -0.2) is 11.1 Å². The Morgan fingerprint density at radius 3 is 2.56 bits per heavy atom.